The van der Waals surface area contributed by atoms with E-state index in [1.54, 1.807) is 26.4 Å². The highest BCUT2D eigenvalue weighted by molar-refractivity contribution is 5.44. The summed E-state index contributed by atoms with van der Waals surface area (Å²) >= 11 is 0. The number of ether oxygens (including phenoxy) is 2. The van der Waals surface area contributed by atoms with E-state index in [1.807, 2.05) is 12.1 Å². The molecule has 6 rings (SSSR count). The van der Waals surface area contributed by atoms with Crippen molar-refractivity contribution in [2.75, 3.05) is 33.9 Å². The second kappa shape index (κ2) is 11.8. The van der Waals surface area contributed by atoms with E-state index in [1.165, 1.54) is 17.2 Å². The quantitative estimate of drug-likeness (QED) is 0.298. The molecule has 0 radical (unpaired) electrons. The van der Waals surface area contributed by atoms with Crippen molar-refractivity contribution in [3.63, 3.8) is 0 Å². The summed E-state index contributed by atoms with van der Waals surface area (Å²) in [6.45, 7) is 2.91. The summed E-state index contributed by atoms with van der Waals surface area (Å²) in [4.78, 5) is 4.98. The molecular formula is C31H33F3N6O2. The fourth-order valence-electron chi connectivity index (χ4n) is 6.58. The van der Waals surface area contributed by atoms with Gasteiger partial charge in [-0.15, -0.1) is 5.10 Å². The SMILES string of the molecule is COc1ccc(-n2nnnc2C(F)(F)F)cc1CN1C[C@@H]2C[C@H](OC)CN2[C@H](C(c2ccccc2)c2ccccc2)C1. The first-order chi connectivity index (χ1) is 20.4. The van der Waals surface area contributed by atoms with Gasteiger partial charge in [0.2, 0.25) is 0 Å². The Balaban J connectivity index is 1.36. The van der Waals surface area contributed by atoms with Crippen molar-refractivity contribution in [3.8, 4) is 11.4 Å². The summed E-state index contributed by atoms with van der Waals surface area (Å²) in [5.74, 6) is -0.447. The third-order valence-electron chi connectivity index (χ3n) is 8.42. The normalized spacial score (nSPS) is 21.5. The predicted octanol–water partition coefficient (Wildman–Crippen LogP) is 4.80. The van der Waals surface area contributed by atoms with E-state index in [2.05, 4.69) is 73.9 Å². The van der Waals surface area contributed by atoms with E-state index >= 15 is 0 Å². The monoisotopic (exact) mass is 578 g/mol. The lowest BCUT2D eigenvalue weighted by Gasteiger charge is -2.47. The summed E-state index contributed by atoms with van der Waals surface area (Å²) in [5.41, 5.74) is 3.48. The van der Waals surface area contributed by atoms with Crippen LogP contribution in [0.25, 0.3) is 5.69 Å². The summed E-state index contributed by atoms with van der Waals surface area (Å²) in [7, 11) is 3.34. The fourth-order valence-corrected chi connectivity index (χ4v) is 6.58. The van der Waals surface area contributed by atoms with E-state index in [0.29, 0.717) is 12.3 Å². The molecule has 0 amide bonds. The molecule has 3 atom stereocenters. The van der Waals surface area contributed by atoms with Gasteiger partial charge in [0.05, 0.1) is 18.9 Å². The molecule has 3 aromatic carbocycles. The Morgan fingerprint density at radius 2 is 1.60 bits per heavy atom. The minimum absolute atomic E-state index is 0.122. The first-order valence-corrected chi connectivity index (χ1v) is 14.0. The lowest BCUT2D eigenvalue weighted by atomic mass is 9.82. The molecule has 0 bridgehead atoms. The minimum Gasteiger partial charge on any atom is -0.496 e. The lowest BCUT2D eigenvalue weighted by molar-refractivity contribution is -0.146. The number of hydrogen-bond donors (Lipinski definition) is 0. The van der Waals surface area contributed by atoms with Crippen LogP contribution < -0.4 is 4.74 Å². The Morgan fingerprint density at radius 3 is 2.21 bits per heavy atom. The van der Waals surface area contributed by atoms with Crippen molar-refractivity contribution in [2.45, 2.75) is 43.2 Å². The number of piperazine rings is 1. The van der Waals surface area contributed by atoms with Crippen LogP contribution in [-0.2, 0) is 17.5 Å². The van der Waals surface area contributed by atoms with Gasteiger partial charge in [-0.25, -0.2) is 0 Å². The number of aromatic nitrogens is 4. The molecular weight excluding hydrogens is 545 g/mol. The van der Waals surface area contributed by atoms with Gasteiger partial charge in [0.1, 0.15) is 5.75 Å². The van der Waals surface area contributed by atoms with E-state index < -0.39 is 12.0 Å². The second-order valence-corrected chi connectivity index (χ2v) is 10.9. The number of rotatable bonds is 8. The zero-order chi connectivity index (χ0) is 29.3. The Morgan fingerprint density at radius 1 is 0.905 bits per heavy atom. The van der Waals surface area contributed by atoms with Crippen molar-refractivity contribution in [1.29, 1.82) is 0 Å². The molecule has 42 heavy (non-hydrogen) atoms. The molecule has 220 valence electrons. The Kier molecular flexibility index (Phi) is 7.98. The highest BCUT2D eigenvalue weighted by atomic mass is 19.4. The molecule has 1 aromatic heterocycles. The van der Waals surface area contributed by atoms with Crippen molar-refractivity contribution in [2.24, 2.45) is 0 Å². The summed E-state index contributed by atoms with van der Waals surface area (Å²) in [6.07, 6.45) is -3.63. The predicted molar refractivity (Wildman–Crippen MR) is 150 cm³/mol. The first-order valence-electron chi connectivity index (χ1n) is 14.0. The number of nitrogens with zero attached hydrogens (tertiary/aromatic N) is 6. The molecule has 0 aliphatic carbocycles. The number of methoxy groups -OCH3 is 2. The van der Waals surface area contributed by atoms with Crippen LogP contribution in [0.15, 0.2) is 78.9 Å². The molecule has 0 spiro atoms. The number of hydrogen-bond acceptors (Lipinski definition) is 7. The zero-order valence-electron chi connectivity index (χ0n) is 23.5. The van der Waals surface area contributed by atoms with Crippen molar-refractivity contribution in [3.05, 3.63) is 101 Å². The van der Waals surface area contributed by atoms with Crippen LogP contribution in [0.5, 0.6) is 5.75 Å². The maximum absolute atomic E-state index is 13.6. The third kappa shape index (κ3) is 5.64. The standard InChI is InChI=1S/C31H33F3N6O2/c1-41-26-16-25-18-38(17-23-15-24(13-14-28(23)42-2)40-30(31(32,33)34)35-36-37-40)20-27(39(25)19-26)29(21-9-5-3-6-10-21)22-11-7-4-8-12-22/h3-15,25-27,29H,16-20H2,1-2H3/t25-,26-,27-/m0/s1. The van der Waals surface area contributed by atoms with Crippen LogP contribution in [0.1, 0.15) is 34.9 Å². The van der Waals surface area contributed by atoms with Crippen molar-refractivity contribution in [1.82, 2.24) is 30.0 Å². The van der Waals surface area contributed by atoms with Crippen LogP contribution in [0.3, 0.4) is 0 Å². The molecule has 0 saturated carbocycles. The van der Waals surface area contributed by atoms with E-state index in [4.69, 9.17) is 9.47 Å². The molecule has 0 unspecified atom stereocenters. The maximum Gasteiger partial charge on any atom is 0.453 e. The van der Waals surface area contributed by atoms with Crippen molar-refractivity contribution >= 4 is 0 Å². The van der Waals surface area contributed by atoms with Crippen LogP contribution >= 0.6 is 0 Å². The zero-order valence-corrected chi connectivity index (χ0v) is 23.5. The summed E-state index contributed by atoms with van der Waals surface area (Å²) in [5, 5.41) is 10.1. The van der Waals surface area contributed by atoms with Gasteiger partial charge in [-0.05, 0) is 46.2 Å². The van der Waals surface area contributed by atoms with Gasteiger partial charge >= 0.3 is 6.18 Å². The maximum atomic E-state index is 13.6. The molecule has 2 saturated heterocycles. The van der Waals surface area contributed by atoms with E-state index in [0.717, 1.165) is 36.3 Å². The summed E-state index contributed by atoms with van der Waals surface area (Å²) in [6, 6.07) is 26.5. The Hall–Kier alpha value is -3.80. The Labute approximate surface area is 242 Å². The highest BCUT2D eigenvalue weighted by Crippen LogP contribution is 2.39. The largest absolute Gasteiger partial charge is 0.496 e. The van der Waals surface area contributed by atoms with E-state index in [9.17, 15) is 13.2 Å². The Bertz CT molecular complexity index is 1440. The minimum atomic E-state index is -4.68. The van der Waals surface area contributed by atoms with Crippen molar-refractivity contribution < 1.29 is 22.6 Å². The first kappa shape index (κ1) is 28.3. The molecule has 4 aromatic rings. The van der Waals surface area contributed by atoms with Gasteiger partial charge in [-0.3, -0.25) is 9.80 Å². The highest BCUT2D eigenvalue weighted by Gasteiger charge is 2.45. The van der Waals surface area contributed by atoms with Gasteiger partial charge in [0.15, 0.2) is 0 Å². The molecule has 3 heterocycles. The van der Waals surface area contributed by atoms with Gasteiger partial charge in [-0.2, -0.15) is 17.9 Å². The van der Waals surface area contributed by atoms with Crippen LogP contribution in [0.4, 0.5) is 13.2 Å². The summed E-state index contributed by atoms with van der Waals surface area (Å²) < 4.78 is 52.9. The molecule has 2 aliphatic rings. The average Bonchev–Trinajstić information content (AvgIpc) is 3.66. The van der Waals surface area contributed by atoms with Crippen LogP contribution in [0, 0.1) is 0 Å². The number of tetrazole rings is 1. The molecule has 11 heteroatoms. The molecule has 2 aliphatic heterocycles. The van der Waals surface area contributed by atoms with E-state index in [-0.39, 0.29) is 29.8 Å². The van der Waals surface area contributed by atoms with Gasteiger partial charge < -0.3 is 9.47 Å². The smallest absolute Gasteiger partial charge is 0.453 e. The number of alkyl halides is 3. The molecule has 2 fully saturated rings. The average molecular weight is 579 g/mol. The lowest BCUT2D eigenvalue weighted by Crippen LogP contribution is -2.58. The fraction of sp³-hybridized carbons (Fsp3) is 0.387. The number of benzene rings is 3. The van der Waals surface area contributed by atoms with Gasteiger partial charge in [0, 0.05) is 56.9 Å². The topological polar surface area (TPSA) is 68.5 Å². The van der Waals surface area contributed by atoms with Crippen LogP contribution in [-0.4, -0.2) is 82.0 Å². The van der Waals surface area contributed by atoms with Crippen LogP contribution in [0.2, 0.25) is 0 Å². The second-order valence-electron chi connectivity index (χ2n) is 10.9. The number of halogens is 3. The van der Waals surface area contributed by atoms with Gasteiger partial charge in [-0.1, -0.05) is 60.7 Å². The third-order valence-corrected chi connectivity index (χ3v) is 8.42. The number of fused-ring (bicyclic) bond motifs is 1. The molecule has 8 nitrogen and oxygen atoms in total. The van der Waals surface area contributed by atoms with Gasteiger partial charge in [0.25, 0.3) is 5.82 Å². The molecule has 0 N–H and O–H groups in total.